The van der Waals surface area contributed by atoms with E-state index in [1.165, 1.54) is 0 Å². The van der Waals surface area contributed by atoms with E-state index in [2.05, 4.69) is 0 Å². The van der Waals surface area contributed by atoms with Crippen molar-refractivity contribution in [1.82, 2.24) is 0 Å². The highest BCUT2D eigenvalue weighted by molar-refractivity contribution is 5.21. The van der Waals surface area contributed by atoms with Gasteiger partial charge in [-0.15, -0.1) is 0 Å². The zero-order valence-electron chi connectivity index (χ0n) is 15.3. The van der Waals surface area contributed by atoms with Crippen LogP contribution in [0, 0.1) is 0 Å². The second-order valence-electron chi connectivity index (χ2n) is 6.97. The van der Waals surface area contributed by atoms with E-state index in [1.807, 2.05) is 0 Å². The van der Waals surface area contributed by atoms with Gasteiger partial charge in [-0.05, 0) is 12.1 Å². The first-order valence-corrected chi connectivity index (χ1v) is 9.17. The average Bonchev–Trinajstić information content (AvgIpc) is 2.73. The number of aliphatic hydroxyl groups excluding tert-OH is 7. The summed E-state index contributed by atoms with van der Waals surface area (Å²) in [6, 6.07) is 8.66. The fourth-order valence-electron chi connectivity index (χ4n) is 3.25. The van der Waals surface area contributed by atoms with Crippen LogP contribution in [0.3, 0.4) is 0 Å². The number of rotatable bonds is 6. The number of para-hydroxylation sites is 1. The minimum absolute atomic E-state index is 0.177. The van der Waals surface area contributed by atoms with Crippen molar-refractivity contribution in [1.29, 1.82) is 0 Å². The Morgan fingerprint density at radius 2 is 1.45 bits per heavy atom. The van der Waals surface area contributed by atoms with E-state index in [1.54, 1.807) is 30.3 Å². The molecule has 0 aliphatic carbocycles. The fraction of sp³-hybridized carbons (Fsp3) is 0.667. The standard InChI is InChI=1S/C18H26O11/c19-6-9-16(13(22)14(23)17(25)27-9)29-18-15(24)12(21)11(20)10(28-18)7-26-8-4-2-1-3-5-8/h1-5,9-25H,6-7H2/t9-,10-,11+,12+,13-,14-,15-,16-,17+,18+/m1/s1. The van der Waals surface area contributed by atoms with Gasteiger partial charge >= 0.3 is 0 Å². The van der Waals surface area contributed by atoms with Crippen LogP contribution in [-0.4, -0.2) is 110 Å². The van der Waals surface area contributed by atoms with E-state index >= 15 is 0 Å². The average molecular weight is 418 g/mol. The highest BCUT2D eigenvalue weighted by Crippen LogP contribution is 2.29. The first-order valence-electron chi connectivity index (χ1n) is 9.17. The summed E-state index contributed by atoms with van der Waals surface area (Å²) in [4.78, 5) is 0. The van der Waals surface area contributed by atoms with Crippen LogP contribution >= 0.6 is 0 Å². The third-order valence-corrected chi connectivity index (χ3v) is 4.96. The van der Waals surface area contributed by atoms with Crippen molar-refractivity contribution in [2.24, 2.45) is 0 Å². The Kier molecular flexibility index (Phi) is 7.40. The minimum Gasteiger partial charge on any atom is -0.491 e. The highest BCUT2D eigenvalue weighted by Gasteiger charge is 2.50. The van der Waals surface area contributed by atoms with Crippen molar-refractivity contribution >= 4 is 0 Å². The maximum Gasteiger partial charge on any atom is 0.187 e. The molecule has 2 fully saturated rings. The third kappa shape index (κ3) is 4.86. The molecular weight excluding hydrogens is 392 g/mol. The van der Waals surface area contributed by atoms with Crippen molar-refractivity contribution in [3.63, 3.8) is 0 Å². The Balaban J connectivity index is 1.68. The summed E-state index contributed by atoms with van der Waals surface area (Å²) < 4.78 is 21.5. The molecule has 0 saturated carbocycles. The van der Waals surface area contributed by atoms with Crippen molar-refractivity contribution in [2.75, 3.05) is 13.2 Å². The second kappa shape index (κ2) is 9.62. The maximum absolute atomic E-state index is 10.2. The van der Waals surface area contributed by atoms with Crippen molar-refractivity contribution in [3.05, 3.63) is 30.3 Å². The summed E-state index contributed by atoms with van der Waals surface area (Å²) in [6.45, 7) is -0.844. The molecule has 0 amide bonds. The number of aliphatic hydroxyl groups is 7. The smallest absolute Gasteiger partial charge is 0.187 e. The molecule has 10 atom stereocenters. The quantitative estimate of drug-likeness (QED) is 0.246. The molecule has 0 unspecified atom stereocenters. The van der Waals surface area contributed by atoms with Crippen LogP contribution in [0.4, 0.5) is 0 Å². The molecule has 1 aromatic rings. The lowest BCUT2D eigenvalue weighted by Gasteiger charge is -2.45. The molecule has 2 saturated heterocycles. The number of benzene rings is 1. The molecule has 0 bridgehead atoms. The summed E-state index contributed by atoms with van der Waals surface area (Å²) in [5.41, 5.74) is 0. The van der Waals surface area contributed by atoms with Gasteiger partial charge < -0.3 is 54.7 Å². The number of hydrogen-bond acceptors (Lipinski definition) is 11. The van der Waals surface area contributed by atoms with E-state index in [4.69, 9.17) is 18.9 Å². The van der Waals surface area contributed by atoms with Gasteiger partial charge in [-0.25, -0.2) is 0 Å². The van der Waals surface area contributed by atoms with E-state index in [0.717, 1.165) is 0 Å². The van der Waals surface area contributed by atoms with Crippen molar-refractivity contribution in [2.45, 2.75) is 61.4 Å². The van der Waals surface area contributed by atoms with E-state index in [0.29, 0.717) is 5.75 Å². The fourth-order valence-corrected chi connectivity index (χ4v) is 3.25. The molecule has 164 valence electrons. The topological polar surface area (TPSA) is 179 Å². The van der Waals surface area contributed by atoms with Crippen LogP contribution in [0.5, 0.6) is 5.75 Å². The summed E-state index contributed by atoms with van der Waals surface area (Å²) in [5, 5.41) is 69.4. The van der Waals surface area contributed by atoms with E-state index in [-0.39, 0.29) is 6.61 Å². The third-order valence-electron chi connectivity index (χ3n) is 4.96. The predicted octanol–water partition coefficient (Wildman–Crippen LogP) is -3.31. The lowest BCUT2D eigenvalue weighted by Crippen LogP contribution is -2.64. The largest absolute Gasteiger partial charge is 0.491 e. The Hall–Kier alpha value is -1.38. The Morgan fingerprint density at radius 3 is 2.10 bits per heavy atom. The molecule has 0 radical (unpaired) electrons. The SMILES string of the molecule is OC[C@H]1O[C@H](O)[C@H](O)[C@@H](O)[C@@H]1O[C@@H]1O[C@H](COc2ccccc2)[C@H](O)[C@H](O)[C@H]1O. The number of hydrogen-bond donors (Lipinski definition) is 7. The molecule has 3 rings (SSSR count). The molecule has 2 aliphatic heterocycles. The van der Waals surface area contributed by atoms with Gasteiger partial charge in [0.2, 0.25) is 0 Å². The van der Waals surface area contributed by atoms with Gasteiger partial charge in [-0.1, -0.05) is 18.2 Å². The normalized spacial score (nSPS) is 43.1. The van der Waals surface area contributed by atoms with Gasteiger partial charge in [0, 0.05) is 0 Å². The summed E-state index contributed by atoms with van der Waals surface area (Å²) in [7, 11) is 0. The maximum atomic E-state index is 10.2. The van der Waals surface area contributed by atoms with Crippen LogP contribution in [0.25, 0.3) is 0 Å². The highest BCUT2D eigenvalue weighted by atomic mass is 16.7. The molecule has 1 aromatic carbocycles. The Morgan fingerprint density at radius 1 is 0.759 bits per heavy atom. The van der Waals surface area contributed by atoms with Gasteiger partial charge in [0.05, 0.1) is 6.61 Å². The van der Waals surface area contributed by atoms with Gasteiger partial charge in [0.15, 0.2) is 12.6 Å². The van der Waals surface area contributed by atoms with Crippen LogP contribution in [0.1, 0.15) is 0 Å². The molecule has 29 heavy (non-hydrogen) atoms. The lowest BCUT2D eigenvalue weighted by molar-refractivity contribution is -0.354. The van der Waals surface area contributed by atoms with Gasteiger partial charge in [0.1, 0.15) is 61.2 Å². The first-order chi connectivity index (χ1) is 13.8. The molecule has 11 heteroatoms. The zero-order chi connectivity index (χ0) is 21.1. The van der Waals surface area contributed by atoms with E-state index < -0.39 is 68.0 Å². The second-order valence-corrected chi connectivity index (χ2v) is 6.97. The minimum atomic E-state index is -1.74. The van der Waals surface area contributed by atoms with Gasteiger partial charge in [-0.2, -0.15) is 0 Å². The molecule has 0 aromatic heterocycles. The monoisotopic (exact) mass is 418 g/mol. The Bertz CT molecular complexity index is 629. The summed E-state index contributed by atoms with van der Waals surface area (Å²) in [6.07, 6.45) is -15.2. The molecule has 2 aliphatic rings. The lowest BCUT2D eigenvalue weighted by atomic mass is 9.97. The van der Waals surface area contributed by atoms with Crippen LogP contribution < -0.4 is 4.74 Å². The first kappa shape index (κ1) is 22.3. The zero-order valence-corrected chi connectivity index (χ0v) is 15.3. The van der Waals surface area contributed by atoms with Crippen molar-refractivity contribution in [3.8, 4) is 5.75 Å². The summed E-state index contributed by atoms with van der Waals surface area (Å²) >= 11 is 0. The molecule has 2 heterocycles. The molecule has 0 spiro atoms. The van der Waals surface area contributed by atoms with Crippen LogP contribution in [0.2, 0.25) is 0 Å². The summed E-state index contributed by atoms with van der Waals surface area (Å²) in [5.74, 6) is 0.495. The van der Waals surface area contributed by atoms with Crippen molar-refractivity contribution < 1.29 is 54.7 Å². The molecule has 7 N–H and O–H groups in total. The van der Waals surface area contributed by atoms with E-state index in [9.17, 15) is 35.7 Å². The van der Waals surface area contributed by atoms with Crippen LogP contribution in [-0.2, 0) is 14.2 Å². The molecular formula is C18H26O11. The predicted molar refractivity (Wildman–Crippen MR) is 93.5 cm³/mol. The van der Waals surface area contributed by atoms with Gasteiger partial charge in [0.25, 0.3) is 0 Å². The number of ether oxygens (including phenoxy) is 4. The Labute approximate surface area is 166 Å². The van der Waals surface area contributed by atoms with Gasteiger partial charge in [-0.3, -0.25) is 0 Å². The molecule has 11 nitrogen and oxygen atoms in total. The van der Waals surface area contributed by atoms with Crippen LogP contribution in [0.15, 0.2) is 30.3 Å².